The first-order valence-corrected chi connectivity index (χ1v) is 43.1. The van der Waals surface area contributed by atoms with E-state index in [9.17, 15) is 0 Å². The van der Waals surface area contributed by atoms with Crippen molar-refractivity contribution in [2.45, 2.75) is 38.5 Å². The van der Waals surface area contributed by atoms with E-state index in [1.165, 1.54) is 177 Å². The molecule has 2 heteroatoms. The molecule has 0 saturated heterocycles. The Morgan fingerprint density at radius 3 is 0.710 bits per heavy atom. The standard InChI is InChI=1S/2C61H45N/c1-61(2)59-40-51(56-19-11-17-50-16-9-10-18-55(50)56)32-38-57(59)58-39-37-54(41-60(58)61)62(52-33-28-48(29-34-52)46-24-20-44(21-25-46)42-12-5-3-6-13-42)53-35-30-49(31-36-53)47-26-22-45(23-27-47)43-14-7-4-8-15-43;1-61(2)59-40-53(52-26-25-44-15-9-10-16-51(44)39-52)31-37-57(59)58-38-36-56(41-60(58)61)62(54-32-27-49(28-33-54)47-21-17-45(18-22-47)42-11-5-3-6-12-42)55-34-29-50(30-35-55)48-23-19-46(20-24-48)43-13-7-4-8-14-43/h2*3-41H,1-2H3. The molecule has 0 unspecified atom stereocenters. The molecule has 0 N–H and O–H groups in total. The zero-order valence-corrected chi connectivity index (χ0v) is 69.9. The van der Waals surface area contributed by atoms with Crippen LogP contribution in [0.1, 0.15) is 49.9 Å². The highest BCUT2D eigenvalue weighted by atomic mass is 15.1. The van der Waals surface area contributed by atoms with Gasteiger partial charge in [0.15, 0.2) is 0 Å². The molecule has 588 valence electrons. The normalized spacial score (nSPS) is 12.5. The fourth-order valence-electron chi connectivity index (χ4n) is 19.0. The monoisotopic (exact) mass is 1580 g/mol. The minimum Gasteiger partial charge on any atom is -0.310 e. The molecule has 20 aromatic rings. The molecule has 2 nitrogen and oxygen atoms in total. The number of benzene rings is 20. The zero-order valence-electron chi connectivity index (χ0n) is 69.9. The molecule has 0 aliphatic heterocycles. The third-order valence-corrected chi connectivity index (χ3v) is 25.8. The summed E-state index contributed by atoms with van der Waals surface area (Å²) in [6.45, 7) is 9.53. The summed E-state index contributed by atoms with van der Waals surface area (Å²) >= 11 is 0. The van der Waals surface area contributed by atoms with Crippen LogP contribution < -0.4 is 9.80 Å². The van der Waals surface area contributed by atoms with E-state index in [1.807, 2.05) is 0 Å². The van der Waals surface area contributed by atoms with Gasteiger partial charge in [-0.2, -0.15) is 0 Å². The van der Waals surface area contributed by atoms with Crippen LogP contribution in [0.5, 0.6) is 0 Å². The zero-order chi connectivity index (χ0) is 83.2. The van der Waals surface area contributed by atoms with E-state index in [2.05, 4.69) is 511 Å². The third-order valence-electron chi connectivity index (χ3n) is 25.8. The van der Waals surface area contributed by atoms with Crippen molar-refractivity contribution in [3.63, 3.8) is 0 Å². The number of hydrogen-bond acceptors (Lipinski definition) is 2. The molecule has 0 heterocycles. The van der Waals surface area contributed by atoms with Gasteiger partial charge in [0.2, 0.25) is 0 Å². The highest BCUT2D eigenvalue weighted by molar-refractivity contribution is 5.99. The number of rotatable bonds is 16. The number of nitrogens with zero attached hydrogens (tertiary/aromatic N) is 2. The molecule has 0 radical (unpaired) electrons. The van der Waals surface area contributed by atoms with Gasteiger partial charge in [-0.25, -0.2) is 0 Å². The van der Waals surface area contributed by atoms with Gasteiger partial charge in [-0.3, -0.25) is 0 Å². The van der Waals surface area contributed by atoms with Gasteiger partial charge in [-0.15, -0.1) is 0 Å². The lowest BCUT2D eigenvalue weighted by molar-refractivity contribution is 0.660. The third kappa shape index (κ3) is 14.5. The molecule has 0 amide bonds. The van der Waals surface area contributed by atoms with Gasteiger partial charge in [0.05, 0.1) is 0 Å². The van der Waals surface area contributed by atoms with Crippen molar-refractivity contribution in [3.05, 3.63) is 495 Å². The van der Waals surface area contributed by atoms with E-state index in [-0.39, 0.29) is 10.8 Å². The molecule has 2 aliphatic rings. The van der Waals surface area contributed by atoms with Crippen molar-refractivity contribution in [1.29, 1.82) is 0 Å². The molecular weight excluding hydrogens is 1490 g/mol. The number of fused-ring (bicyclic) bond motifs is 8. The molecule has 0 spiro atoms. The Morgan fingerprint density at radius 2 is 0.363 bits per heavy atom. The van der Waals surface area contributed by atoms with E-state index in [0.29, 0.717) is 0 Å². The minimum atomic E-state index is -0.196. The van der Waals surface area contributed by atoms with E-state index in [4.69, 9.17) is 0 Å². The lowest BCUT2D eigenvalue weighted by atomic mass is 9.81. The molecule has 0 saturated carbocycles. The van der Waals surface area contributed by atoms with E-state index in [0.717, 1.165) is 34.1 Å². The van der Waals surface area contributed by atoms with Crippen molar-refractivity contribution >= 4 is 55.7 Å². The van der Waals surface area contributed by atoms with Gasteiger partial charge in [0.1, 0.15) is 0 Å². The summed E-state index contributed by atoms with van der Waals surface area (Å²) in [6, 6.07) is 173. The maximum absolute atomic E-state index is 2.44. The molecule has 20 aromatic carbocycles. The molecule has 0 atom stereocenters. The van der Waals surface area contributed by atoms with Crippen LogP contribution >= 0.6 is 0 Å². The second kappa shape index (κ2) is 32.2. The summed E-state index contributed by atoms with van der Waals surface area (Å²) in [7, 11) is 0. The summed E-state index contributed by atoms with van der Waals surface area (Å²) in [4.78, 5) is 4.82. The number of anilines is 6. The summed E-state index contributed by atoms with van der Waals surface area (Å²) in [5, 5.41) is 5.08. The van der Waals surface area contributed by atoms with Crippen LogP contribution in [0.4, 0.5) is 34.1 Å². The van der Waals surface area contributed by atoms with E-state index < -0.39 is 0 Å². The maximum Gasteiger partial charge on any atom is 0.0465 e. The fourth-order valence-corrected chi connectivity index (χ4v) is 19.0. The first-order valence-electron chi connectivity index (χ1n) is 43.1. The van der Waals surface area contributed by atoms with Crippen molar-refractivity contribution in [1.82, 2.24) is 0 Å². The maximum atomic E-state index is 2.44. The lowest BCUT2D eigenvalue weighted by Gasteiger charge is -2.28. The summed E-state index contributed by atoms with van der Waals surface area (Å²) < 4.78 is 0. The van der Waals surface area contributed by atoms with Gasteiger partial charge >= 0.3 is 0 Å². The topological polar surface area (TPSA) is 6.48 Å². The smallest absolute Gasteiger partial charge is 0.0465 e. The first-order chi connectivity index (χ1) is 60.9. The van der Waals surface area contributed by atoms with Gasteiger partial charge < -0.3 is 9.80 Å². The molecule has 0 aromatic heterocycles. The molecule has 0 bridgehead atoms. The van der Waals surface area contributed by atoms with Crippen LogP contribution in [-0.2, 0) is 10.8 Å². The predicted octanol–water partition coefficient (Wildman–Crippen LogP) is 33.9. The van der Waals surface area contributed by atoms with Crippen LogP contribution in [0.2, 0.25) is 0 Å². The van der Waals surface area contributed by atoms with Crippen molar-refractivity contribution < 1.29 is 0 Å². The Kier molecular flexibility index (Phi) is 19.7. The van der Waals surface area contributed by atoms with Gasteiger partial charge in [-0.05, 0) is 268 Å². The summed E-state index contributed by atoms with van der Waals surface area (Å²) in [5.74, 6) is 0. The van der Waals surface area contributed by atoms with Crippen LogP contribution in [0.25, 0.3) is 155 Å². The second-order valence-electron chi connectivity index (χ2n) is 34.0. The molecule has 0 fully saturated rings. The highest BCUT2D eigenvalue weighted by Gasteiger charge is 2.38. The van der Waals surface area contributed by atoms with Crippen molar-refractivity contribution in [3.8, 4) is 134 Å². The summed E-state index contributed by atoms with van der Waals surface area (Å²) in [6.07, 6.45) is 0. The van der Waals surface area contributed by atoms with E-state index >= 15 is 0 Å². The second-order valence-corrected chi connectivity index (χ2v) is 34.0. The lowest BCUT2D eigenvalue weighted by Crippen LogP contribution is -2.16. The molecular formula is C122H90N2. The Balaban J connectivity index is 0.000000152. The fraction of sp³-hybridized carbons (Fsp3) is 0.0492. The molecule has 2 aliphatic carbocycles. The molecule has 124 heavy (non-hydrogen) atoms. The SMILES string of the molecule is CC1(C)c2cc(-c3ccc4ccccc4c3)ccc2-c2ccc(N(c3ccc(-c4ccc(-c5ccccc5)cc4)cc3)c3ccc(-c4ccc(-c5ccccc5)cc4)cc3)cc21.CC1(C)c2cc(-c3cccc4ccccc34)ccc2-c2ccc(N(c3ccc(-c4ccc(-c5ccccc5)cc4)cc3)c3ccc(-c4ccc(-c5ccccc5)cc4)cc3)cc21. The number of hydrogen-bond donors (Lipinski definition) is 0. The largest absolute Gasteiger partial charge is 0.310 e. The van der Waals surface area contributed by atoms with Crippen molar-refractivity contribution in [2.75, 3.05) is 9.80 Å². The van der Waals surface area contributed by atoms with Crippen LogP contribution in [-0.4, -0.2) is 0 Å². The Labute approximate surface area is 727 Å². The van der Waals surface area contributed by atoms with Crippen molar-refractivity contribution in [2.24, 2.45) is 0 Å². The van der Waals surface area contributed by atoms with Gasteiger partial charge in [0.25, 0.3) is 0 Å². The summed E-state index contributed by atoms with van der Waals surface area (Å²) in [5.41, 5.74) is 41.4. The Hall–Kier alpha value is -15.5. The van der Waals surface area contributed by atoms with E-state index in [1.54, 1.807) is 0 Å². The average Bonchev–Trinajstić information content (AvgIpc) is 1.57. The van der Waals surface area contributed by atoms with Crippen LogP contribution in [0.15, 0.2) is 473 Å². The quantitative estimate of drug-likeness (QED) is 0.0951. The average molecular weight is 1580 g/mol. The van der Waals surface area contributed by atoms with Gasteiger partial charge in [-0.1, -0.05) is 410 Å². The predicted molar refractivity (Wildman–Crippen MR) is 527 cm³/mol. The van der Waals surface area contributed by atoms with Crippen LogP contribution in [0, 0.1) is 0 Å². The van der Waals surface area contributed by atoms with Gasteiger partial charge in [0, 0.05) is 45.0 Å². The first kappa shape index (κ1) is 76.0. The minimum absolute atomic E-state index is 0.190. The van der Waals surface area contributed by atoms with Crippen LogP contribution in [0.3, 0.4) is 0 Å². The Bertz CT molecular complexity index is 7020. The Morgan fingerprint density at radius 1 is 0.137 bits per heavy atom. The highest BCUT2D eigenvalue weighted by Crippen LogP contribution is 2.55. The molecule has 22 rings (SSSR count).